The number of aliphatic imine (C=N–C) groups is 1. The minimum atomic E-state index is 0.696. The Balaban J connectivity index is 1.55. The lowest BCUT2D eigenvalue weighted by molar-refractivity contribution is 0.122. The van der Waals surface area contributed by atoms with Crippen molar-refractivity contribution >= 4 is 12.0 Å². The number of aromatic nitrogens is 2. The maximum atomic E-state index is 5.37. The second-order valence-electron chi connectivity index (χ2n) is 5.13. The highest BCUT2D eigenvalue weighted by atomic mass is 16.5. The van der Waals surface area contributed by atoms with Crippen LogP contribution < -0.4 is 4.90 Å². The molecular formula is C17H20N4O. The van der Waals surface area contributed by atoms with Crippen molar-refractivity contribution in [1.82, 2.24) is 9.97 Å². The molecule has 1 aromatic heterocycles. The number of benzene rings is 1. The second kappa shape index (κ2) is 7.66. The highest BCUT2D eigenvalue weighted by Gasteiger charge is 2.12. The van der Waals surface area contributed by atoms with Crippen molar-refractivity contribution < 1.29 is 4.74 Å². The molecule has 0 radical (unpaired) electrons. The van der Waals surface area contributed by atoms with Crippen molar-refractivity contribution in [3.8, 4) is 0 Å². The average Bonchev–Trinajstić information content (AvgIpc) is 2.61. The quantitative estimate of drug-likeness (QED) is 0.792. The Hall–Kier alpha value is -2.27. The van der Waals surface area contributed by atoms with Crippen LogP contribution >= 0.6 is 0 Å². The smallest absolute Gasteiger partial charge is 0.132 e. The van der Waals surface area contributed by atoms with E-state index in [4.69, 9.17) is 4.74 Å². The summed E-state index contributed by atoms with van der Waals surface area (Å²) in [5.41, 5.74) is 1.12. The number of ether oxygens (including phenoxy) is 1. The first kappa shape index (κ1) is 14.7. The molecule has 1 saturated heterocycles. The fourth-order valence-corrected chi connectivity index (χ4v) is 2.35. The zero-order valence-corrected chi connectivity index (χ0v) is 12.6. The molecular weight excluding hydrogens is 276 g/mol. The van der Waals surface area contributed by atoms with Gasteiger partial charge >= 0.3 is 0 Å². The molecule has 1 aromatic carbocycles. The second-order valence-corrected chi connectivity index (χ2v) is 5.13. The monoisotopic (exact) mass is 296 g/mol. The van der Waals surface area contributed by atoms with Crippen LogP contribution in [0.4, 0.5) is 5.82 Å². The van der Waals surface area contributed by atoms with Gasteiger partial charge in [-0.2, -0.15) is 0 Å². The van der Waals surface area contributed by atoms with E-state index in [9.17, 15) is 0 Å². The molecule has 0 spiro atoms. The molecule has 0 unspecified atom stereocenters. The lowest BCUT2D eigenvalue weighted by Crippen LogP contribution is -2.36. The zero-order chi connectivity index (χ0) is 15.0. The van der Waals surface area contributed by atoms with Gasteiger partial charge in [0.1, 0.15) is 11.6 Å². The van der Waals surface area contributed by atoms with Gasteiger partial charge in [0.05, 0.1) is 13.2 Å². The van der Waals surface area contributed by atoms with Gasteiger partial charge in [-0.3, -0.25) is 4.99 Å². The summed E-state index contributed by atoms with van der Waals surface area (Å²) < 4.78 is 5.37. The summed E-state index contributed by atoms with van der Waals surface area (Å²) in [6.45, 7) is 4.01. The van der Waals surface area contributed by atoms with Crippen molar-refractivity contribution in [2.45, 2.75) is 6.42 Å². The first-order valence-corrected chi connectivity index (χ1v) is 7.61. The van der Waals surface area contributed by atoms with Crippen molar-refractivity contribution in [2.24, 2.45) is 4.99 Å². The van der Waals surface area contributed by atoms with Crippen LogP contribution in [0, 0.1) is 0 Å². The van der Waals surface area contributed by atoms with Crippen molar-refractivity contribution in [3.63, 3.8) is 0 Å². The van der Waals surface area contributed by atoms with Gasteiger partial charge in [0.2, 0.25) is 0 Å². The molecule has 2 aromatic rings. The Bertz CT molecular complexity index is 609. The predicted molar refractivity (Wildman–Crippen MR) is 87.7 cm³/mol. The van der Waals surface area contributed by atoms with Crippen LogP contribution in [0.15, 0.2) is 47.6 Å². The van der Waals surface area contributed by atoms with Gasteiger partial charge in [-0.1, -0.05) is 30.3 Å². The summed E-state index contributed by atoms with van der Waals surface area (Å²) in [6, 6.07) is 12.1. The van der Waals surface area contributed by atoms with E-state index in [1.54, 1.807) is 0 Å². The Morgan fingerprint density at radius 2 is 1.95 bits per heavy atom. The molecule has 1 aliphatic heterocycles. The SMILES string of the molecule is C(=N\CCc1nccc(N2CCOCC2)n1)/c1ccccc1. The first-order valence-electron chi connectivity index (χ1n) is 7.61. The van der Waals surface area contributed by atoms with Gasteiger partial charge in [0.25, 0.3) is 0 Å². The number of hydrogen-bond acceptors (Lipinski definition) is 5. The third kappa shape index (κ3) is 4.11. The van der Waals surface area contributed by atoms with Crippen molar-refractivity contribution in [2.75, 3.05) is 37.7 Å². The summed E-state index contributed by atoms with van der Waals surface area (Å²) in [4.78, 5) is 15.6. The molecule has 22 heavy (non-hydrogen) atoms. The van der Waals surface area contributed by atoms with Crippen LogP contribution in [0.25, 0.3) is 0 Å². The Morgan fingerprint density at radius 1 is 1.14 bits per heavy atom. The lowest BCUT2D eigenvalue weighted by Gasteiger charge is -2.27. The van der Waals surface area contributed by atoms with E-state index in [-0.39, 0.29) is 0 Å². The molecule has 0 N–H and O–H groups in total. The highest BCUT2D eigenvalue weighted by Crippen LogP contribution is 2.12. The molecule has 1 fully saturated rings. The van der Waals surface area contributed by atoms with Gasteiger partial charge in [0.15, 0.2) is 0 Å². The van der Waals surface area contributed by atoms with Gasteiger partial charge in [-0.05, 0) is 11.6 Å². The topological polar surface area (TPSA) is 50.6 Å². The van der Waals surface area contributed by atoms with E-state index in [1.807, 2.05) is 48.8 Å². The van der Waals surface area contributed by atoms with Gasteiger partial charge in [0, 0.05) is 38.5 Å². The van der Waals surface area contributed by atoms with Crippen LogP contribution in [0.3, 0.4) is 0 Å². The van der Waals surface area contributed by atoms with Crippen LogP contribution in [0.1, 0.15) is 11.4 Å². The fourth-order valence-electron chi connectivity index (χ4n) is 2.35. The third-order valence-corrected chi connectivity index (χ3v) is 3.53. The number of morpholine rings is 1. The molecule has 0 bridgehead atoms. The summed E-state index contributed by atoms with van der Waals surface area (Å²) in [6.07, 6.45) is 4.47. The number of anilines is 1. The summed E-state index contributed by atoms with van der Waals surface area (Å²) in [5.74, 6) is 1.83. The van der Waals surface area contributed by atoms with Crippen LogP contribution in [0.5, 0.6) is 0 Å². The summed E-state index contributed by atoms with van der Waals surface area (Å²) in [7, 11) is 0. The predicted octanol–water partition coefficient (Wildman–Crippen LogP) is 1.97. The van der Waals surface area contributed by atoms with Crippen molar-refractivity contribution in [1.29, 1.82) is 0 Å². The van der Waals surface area contributed by atoms with Gasteiger partial charge in [-0.25, -0.2) is 9.97 Å². The molecule has 0 atom stereocenters. The number of rotatable bonds is 5. The molecule has 114 valence electrons. The molecule has 5 heteroatoms. The zero-order valence-electron chi connectivity index (χ0n) is 12.6. The molecule has 0 saturated carbocycles. The van der Waals surface area contributed by atoms with E-state index >= 15 is 0 Å². The van der Waals surface area contributed by atoms with E-state index in [0.717, 1.165) is 49.9 Å². The molecule has 0 amide bonds. The summed E-state index contributed by atoms with van der Waals surface area (Å²) in [5, 5.41) is 0. The van der Waals surface area contributed by atoms with E-state index < -0.39 is 0 Å². The van der Waals surface area contributed by atoms with Gasteiger partial charge in [-0.15, -0.1) is 0 Å². The van der Waals surface area contributed by atoms with Crippen LogP contribution in [-0.4, -0.2) is 49.0 Å². The number of nitrogens with zero attached hydrogens (tertiary/aromatic N) is 4. The van der Waals surface area contributed by atoms with Crippen LogP contribution in [0.2, 0.25) is 0 Å². The number of hydrogen-bond donors (Lipinski definition) is 0. The third-order valence-electron chi connectivity index (χ3n) is 3.53. The minimum absolute atomic E-state index is 0.696. The average molecular weight is 296 g/mol. The normalized spacial score (nSPS) is 15.4. The Morgan fingerprint density at radius 3 is 2.77 bits per heavy atom. The van der Waals surface area contributed by atoms with Gasteiger partial charge < -0.3 is 9.64 Å². The standard InChI is InChI=1S/C17H20N4O/c1-2-4-15(5-3-1)14-18-8-6-16-19-9-7-17(20-16)21-10-12-22-13-11-21/h1-5,7,9,14H,6,8,10-13H2/b18-14+. The molecule has 5 nitrogen and oxygen atoms in total. The van der Waals surface area contributed by atoms with E-state index in [2.05, 4.69) is 19.9 Å². The molecule has 1 aliphatic rings. The molecule has 2 heterocycles. The van der Waals surface area contributed by atoms with Crippen LogP contribution in [-0.2, 0) is 11.2 Å². The largest absolute Gasteiger partial charge is 0.378 e. The highest BCUT2D eigenvalue weighted by molar-refractivity contribution is 5.79. The minimum Gasteiger partial charge on any atom is -0.378 e. The van der Waals surface area contributed by atoms with Crippen molar-refractivity contribution in [3.05, 3.63) is 54.0 Å². The van der Waals surface area contributed by atoms with E-state index in [0.29, 0.717) is 6.54 Å². The molecule has 3 rings (SSSR count). The Kier molecular flexibility index (Phi) is 5.10. The molecule has 0 aliphatic carbocycles. The Labute approximate surface area is 130 Å². The first-order chi connectivity index (χ1) is 10.9. The maximum Gasteiger partial charge on any atom is 0.132 e. The fraction of sp³-hybridized carbons (Fsp3) is 0.353. The lowest BCUT2D eigenvalue weighted by atomic mass is 10.2. The van der Waals surface area contributed by atoms with E-state index in [1.165, 1.54) is 0 Å². The maximum absolute atomic E-state index is 5.37. The summed E-state index contributed by atoms with van der Waals surface area (Å²) >= 11 is 0.